The molecule has 0 aromatic heterocycles. The van der Waals surface area contributed by atoms with Gasteiger partial charge in [0.2, 0.25) is 0 Å². The number of hydrogen-bond acceptors (Lipinski definition) is 2. The highest BCUT2D eigenvalue weighted by Crippen LogP contribution is 2.22. The van der Waals surface area contributed by atoms with Crippen LogP contribution in [0.3, 0.4) is 0 Å². The van der Waals surface area contributed by atoms with E-state index < -0.39 is 5.82 Å². The van der Waals surface area contributed by atoms with E-state index in [1.165, 1.54) is 18.2 Å². The SMILES string of the molecule is CC(C)Oc1ccccc1C(=O)c1cccc(F)c1. The summed E-state index contributed by atoms with van der Waals surface area (Å²) in [5.74, 6) is -0.143. The van der Waals surface area contributed by atoms with E-state index in [0.717, 1.165) is 0 Å². The molecule has 19 heavy (non-hydrogen) atoms. The summed E-state index contributed by atoms with van der Waals surface area (Å²) in [6.07, 6.45) is -0.0264. The zero-order valence-corrected chi connectivity index (χ0v) is 10.9. The standard InChI is InChI=1S/C16H15FO2/c1-11(2)19-15-9-4-3-8-14(15)16(18)12-6-5-7-13(17)10-12/h3-11H,1-2H3. The van der Waals surface area contributed by atoms with E-state index in [9.17, 15) is 9.18 Å². The molecule has 2 rings (SSSR count). The van der Waals surface area contributed by atoms with Gasteiger partial charge in [0.25, 0.3) is 0 Å². The maximum Gasteiger partial charge on any atom is 0.196 e. The summed E-state index contributed by atoms with van der Waals surface area (Å²) < 4.78 is 18.8. The second kappa shape index (κ2) is 5.65. The maximum atomic E-state index is 13.2. The predicted molar refractivity (Wildman–Crippen MR) is 72.0 cm³/mol. The molecule has 0 atom stereocenters. The normalized spacial score (nSPS) is 10.5. The number of carbonyl (C=O) groups excluding carboxylic acids is 1. The van der Waals surface area contributed by atoms with E-state index >= 15 is 0 Å². The highest BCUT2D eigenvalue weighted by atomic mass is 19.1. The number of hydrogen-bond donors (Lipinski definition) is 0. The van der Waals surface area contributed by atoms with Gasteiger partial charge in [0.15, 0.2) is 5.78 Å². The zero-order chi connectivity index (χ0) is 13.8. The van der Waals surface area contributed by atoms with Gasteiger partial charge in [0, 0.05) is 5.56 Å². The van der Waals surface area contributed by atoms with Crippen LogP contribution < -0.4 is 4.74 Å². The van der Waals surface area contributed by atoms with Gasteiger partial charge in [-0.25, -0.2) is 4.39 Å². The zero-order valence-electron chi connectivity index (χ0n) is 10.9. The van der Waals surface area contributed by atoms with Crippen LogP contribution >= 0.6 is 0 Å². The molecule has 3 heteroatoms. The van der Waals surface area contributed by atoms with Crippen molar-refractivity contribution in [1.82, 2.24) is 0 Å². The fourth-order valence-electron chi connectivity index (χ4n) is 1.80. The Morgan fingerprint density at radius 1 is 1.11 bits per heavy atom. The van der Waals surface area contributed by atoms with Gasteiger partial charge in [0.1, 0.15) is 11.6 Å². The average molecular weight is 258 g/mol. The van der Waals surface area contributed by atoms with Crippen LogP contribution in [0.4, 0.5) is 4.39 Å². The van der Waals surface area contributed by atoms with Gasteiger partial charge >= 0.3 is 0 Å². The third kappa shape index (κ3) is 3.19. The summed E-state index contributed by atoms with van der Waals surface area (Å²) in [7, 11) is 0. The van der Waals surface area contributed by atoms with Crippen LogP contribution in [0.5, 0.6) is 5.75 Å². The molecule has 0 aliphatic rings. The van der Waals surface area contributed by atoms with Crippen molar-refractivity contribution in [3.8, 4) is 5.75 Å². The molecule has 0 fully saturated rings. The van der Waals surface area contributed by atoms with E-state index in [1.807, 2.05) is 13.8 Å². The molecule has 2 aromatic carbocycles. The second-order valence-corrected chi connectivity index (χ2v) is 4.50. The molecule has 2 nitrogen and oxygen atoms in total. The molecule has 0 aliphatic carbocycles. The molecule has 0 aliphatic heterocycles. The van der Waals surface area contributed by atoms with Crippen LogP contribution in [0.15, 0.2) is 48.5 Å². The summed E-state index contributed by atoms with van der Waals surface area (Å²) in [4.78, 5) is 12.4. The quantitative estimate of drug-likeness (QED) is 0.779. The van der Waals surface area contributed by atoms with Gasteiger partial charge in [0.05, 0.1) is 11.7 Å². The van der Waals surface area contributed by atoms with Gasteiger partial charge in [-0.2, -0.15) is 0 Å². The Bertz CT molecular complexity index is 591. The maximum absolute atomic E-state index is 13.2. The fraction of sp³-hybridized carbons (Fsp3) is 0.188. The molecule has 98 valence electrons. The summed E-state index contributed by atoms with van der Waals surface area (Å²) >= 11 is 0. The number of carbonyl (C=O) groups is 1. The van der Waals surface area contributed by atoms with Gasteiger partial charge in [-0.05, 0) is 38.1 Å². The predicted octanol–water partition coefficient (Wildman–Crippen LogP) is 3.84. The van der Waals surface area contributed by atoms with Crippen molar-refractivity contribution in [2.24, 2.45) is 0 Å². The lowest BCUT2D eigenvalue weighted by molar-refractivity contribution is 0.103. The van der Waals surface area contributed by atoms with Crippen molar-refractivity contribution in [2.75, 3.05) is 0 Å². The van der Waals surface area contributed by atoms with Crippen LogP contribution in [0, 0.1) is 5.82 Å². The van der Waals surface area contributed by atoms with Gasteiger partial charge in [-0.3, -0.25) is 4.79 Å². The molecule has 0 unspecified atom stereocenters. The highest BCUT2D eigenvalue weighted by molar-refractivity contribution is 6.10. The molecule has 0 saturated heterocycles. The number of halogens is 1. The molecule has 0 heterocycles. The Morgan fingerprint density at radius 2 is 1.84 bits per heavy atom. The number of benzene rings is 2. The Kier molecular flexibility index (Phi) is 3.95. The van der Waals surface area contributed by atoms with Crippen molar-refractivity contribution >= 4 is 5.78 Å². The molecule has 0 radical (unpaired) electrons. The van der Waals surface area contributed by atoms with Gasteiger partial charge in [-0.15, -0.1) is 0 Å². The number of ketones is 1. The number of para-hydroxylation sites is 1. The third-order valence-corrected chi connectivity index (χ3v) is 2.58. The van der Waals surface area contributed by atoms with Crippen LogP contribution in [0.1, 0.15) is 29.8 Å². The molecular formula is C16H15FO2. The van der Waals surface area contributed by atoms with Crippen LogP contribution in [-0.4, -0.2) is 11.9 Å². The van der Waals surface area contributed by atoms with Crippen LogP contribution in [0.2, 0.25) is 0 Å². The fourth-order valence-corrected chi connectivity index (χ4v) is 1.80. The molecule has 0 saturated carbocycles. The van der Waals surface area contributed by atoms with E-state index in [-0.39, 0.29) is 11.9 Å². The summed E-state index contributed by atoms with van der Waals surface area (Å²) in [5, 5.41) is 0. The molecule has 0 amide bonds. The highest BCUT2D eigenvalue weighted by Gasteiger charge is 2.15. The lowest BCUT2D eigenvalue weighted by atomic mass is 10.0. The molecule has 0 spiro atoms. The Hall–Kier alpha value is -2.16. The van der Waals surface area contributed by atoms with Crippen molar-refractivity contribution in [2.45, 2.75) is 20.0 Å². The van der Waals surface area contributed by atoms with E-state index in [2.05, 4.69) is 0 Å². The monoisotopic (exact) mass is 258 g/mol. The number of rotatable bonds is 4. The average Bonchev–Trinajstić information content (AvgIpc) is 2.38. The van der Waals surface area contributed by atoms with Crippen LogP contribution in [0.25, 0.3) is 0 Å². The van der Waals surface area contributed by atoms with Crippen LogP contribution in [-0.2, 0) is 0 Å². The van der Waals surface area contributed by atoms with Gasteiger partial charge in [-0.1, -0.05) is 24.3 Å². The minimum atomic E-state index is -0.423. The minimum absolute atomic E-state index is 0.0264. The molecule has 0 bridgehead atoms. The largest absolute Gasteiger partial charge is 0.490 e. The van der Waals surface area contributed by atoms with Gasteiger partial charge < -0.3 is 4.74 Å². The third-order valence-electron chi connectivity index (χ3n) is 2.58. The minimum Gasteiger partial charge on any atom is -0.490 e. The first-order valence-electron chi connectivity index (χ1n) is 6.14. The van der Waals surface area contributed by atoms with E-state index in [1.54, 1.807) is 30.3 Å². The first-order valence-corrected chi connectivity index (χ1v) is 6.14. The molecule has 2 aromatic rings. The van der Waals surface area contributed by atoms with Crippen molar-refractivity contribution < 1.29 is 13.9 Å². The van der Waals surface area contributed by atoms with Crippen molar-refractivity contribution in [3.63, 3.8) is 0 Å². The van der Waals surface area contributed by atoms with Crippen molar-refractivity contribution in [1.29, 1.82) is 0 Å². The Labute approximate surface area is 111 Å². The van der Waals surface area contributed by atoms with E-state index in [0.29, 0.717) is 16.9 Å². The molecular weight excluding hydrogens is 243 g/mol. The topological polar surface area (TPSA) is 26.3 Å². The first kappa shape index (κ1) is 13.3. The Morgan fingerprint density at radius 3 is 2.53 bits per heavy atom. The summed E-state index contributed by atoms with van der Waals surface area (Å²) in [6.45, 7) is 3.78. The lowest BCUT2D eigenvalue weighted by Crippen LogP contribution is -2.10. The lowest BCUT2D eigenvalue weighted by Gasteiger charge is -2.13. The number of ether oxygens (including phenoxy) is 1. The molecule has 0 N–H and O–H groups in total. The van der Waals surface area contributed by atoms with Crippen molar-refractivity contribution in [3.05, 3.63) is 65.5 Å². The summed E-state index contributed by atoms with van der Waals surface area (Å²) in [6, 6.07) is 12.7. The smallest absolute Gasteiger partial charge is 0.196 e. The van der Waals surface area contributed by atoms with E-state index in [4.69, 9.17) is 4.74 Å². The Balaban J connectivity index is 2.39. The summed E-state index contributed by atoms with van der Waals surface area (Å²) in [5.41, 5.74) is 0.765. The first-order chi connectivity index (χ1) is 9.08. The second-order valence-electron chi connectivity index (χ2n) is 4.50.